The van der Waals surface area contributed by atoms with Crippen LogP contribution in [0.5, 0.6) is 0 Å². The molecule has 2 aromatic carbocycles. The van der Waals surface area contributed by atoms with Crippen molar-refractivity contribution < 1.29 is 21.6 Å². The molecule has 2 heterocycles. The molecule has 2 fully saturated rings. The van der Waals surface area contributed by atoms with E-state index in [4.69, 9.17) is 4.74 Å². The second-order valence-electron chi connectivity index (χ2n) is 8.72. The number of rotatable bonds is 7. The number of ether oxygens (including phenoxy) is 1. The third-order valence-electron chi connectivity index (χ3n) is 6.12. The second kappa shape index (κ2) is 9.61. The fraction of sp³-hybridized carbons (Fsp3) is 0.478. The fourth-order valence-corrected chi connectivity index (χ4v) is 6.66. The molecule has 33 heavy (non-hydrogen) atoms. The number of nitrogens with zero attached hydrogens (tertiary/aromatic N) is 2. The van der Waals surface area contributed by atoms with E-state index in [9.17, 15) is 16.8 Å². The van der Waals surface area contributed by atoms with Gasteiger partial charge in [-0.3, -0.25) is 4.72 Å². The van der Waals surface area contributed by atoms with Crippen LogP contribution in [0, 0.1) is 0 Å². The van der Waals surface area contributed by atoms with Gasteiger partial charge in [-0.05, 0) is 54.7 Å². The van der Waals surface area contributed by atoms with E-state index >= 15 is 0 Å². The van der Waals surface area contributed by atoms with E-state index in [1.807, 2.05) is 13.8 Å². The molecule has 0 radical (unpaired) electrons. The van der Waals surface area contributed by atoms with Gasteiger partial charge in [0.2, 0.25) is 10.0 Å². The molecule has 4 rings (SSSR count). The van der Waals surface area contributed by atoms with Gasteiger partial charge in [0.15, 0.2) is 0 Å². The molecule has 0 spiro atoms. The molecular weight excluding hydrogens is 462 g/mol. The van der Waals surface area contributed by atoms with Crippen molar-refractivity contribution in [3.05, 3.63) is 48.0 Å². The number of hydrogen-bond acceptors (Lipinski definition) is 6. The lowest BCUT2D eigenvalue weighted by Crippen LogP contribution is -2.40. The van der Waals surface area contributed by atoms with Gasteiger partial charge in [0.1, 0.15) is 0 Å². The zero-order valence-electron chi connectivity index (χ0n) is 19.0. The van der Waals surface area contributed by atoms with Crippen LogP contribution in [0.25, 0.3) is 0 Å². The molecule has 180 valence electrons. The normalized spacial score (nSPS) is 18.1. The predicted octanol–water partition coefficient (Wildman–Crippen LogP) is 3.23. The van der Waals surface area contributed by atoms with Crippen LogP contribution < -0.4 is 9.62 Å². The average Bonchev–Trinajstić information content (AvgIpc) is 3.34. The highest BCUT2D eigenvalue weighted by molar-refractivity contribution is 7.92. The molecule has 2 saturated heterocycles. The number of morpholine rings is 1. The van der Waals surface area contributed by atoms with Crippen molar-refractivity contribution in [1.29, 1.82) is 0 Å². The van der Waals surface area contributed by atoms with E-state index in [2.05, 4.69) is 9.62 Å². The minimum atomic E-state index is -3.90. The highest BCUT2D eigenvalue weighted by Crippen LogP contribution is 2.34. The van der Waals surface area contributed by atoms with Gasteiger partial charge < -0.3 is 9.64 Å². The summed E-state index contributed by atoms with van der Waals surface area (Å²) in [5, 5.41) is 0. The van der Waals surface area contributed by atoms with Crippen molar-refractivity contribution in [2.75, 3.05) is 49.0 Å². The topological polar surface area (TPSA) is 96.0 Å². The first kappa shape index (κ1) is 24.0. The Morgan fingerprint density at radius 2 is 1.45 bits per heavy atom. The van der Waals surface area contributed by atoms with Crippen molar-refractivity contribution >= 4 is 31.4 Å². The maximum atomic E-state index is 13.2. The molecule has 8 nitrogen and oxygen atoms in total. The van der Waals surface area contributed by atoms with E-state index in [1.165, 1.54) is 10.4 Å². The van der Waals surface area contributed by atoms with Crippen molar-refractivity contribution in [2.24, 2.45) is 0 Å². The smallest absolute Gasteiger partial charge is 0.261 e. The number of anilines is 2. The summed E-state index contributed by atoms with van der Waals surface area (Å²) in [6, 6.07) is 11.5. The van der Waals surface area contributed by atoms with E-state index < -0.39 is 20.0 Å². The van der Waals surface area contributed by atoms with Gasteiger partial charge in [-0.15, -0.1) is 0 Å². The van der Waals surface area contributed by atoms with Gasteiger partial charge in [-0.25, -0.2) is 16.8 Å². The van der Waals surface area contributed by atoms with Crippen LogP contribution in [-0.2, 0) is 24.8 Å². The number of benzene rings is 2. The maximum absolute atomic E-state index is 13.2. The Kier molecular flexibility index (Phi) is 6.99. The maximum Gasteiger partial charge on any atom is 0.261 e. The van der Waals surface area contributed by atoms with Crippen LogP contribution in [0.2, 0.25) is 0 Å². The molecule has 0 saturated carbocycles. The Balaban J connectivity index is 1.70. The quantitative estimate of drug-likeness (QED) is 0.636. The third-order valence-corrected chi connectivity index (χ3v) is 9.40. The lowest BCUT2D eigenvalue weighted by molar-refractivity contribution is 0.0730. The minimum absolute atomic E-state index is 0.0696. The van der Waals surface area contributed by atoms with E-state index in [-0.39, 0.29) is 28.6 Å². The van der Waals surface area contributed by atoms with Gasteiger partial charge in [-0.1, -0.05) is 26.0 Å². The number of nitrogens with one attached hydrogen (secondary N) is 1. The molecule has 0 atom stereocenters. The van der Waals surface area contributed by atoms with Gasteiger partial charge >= 0.3 is 0 Å². The van der Waals surface area contributed by atoms with Gasteiger partial charge in [0.05, 0.1) is 34.4 Å². The summed E-state index contributed by atoms with van der Waals surface area (Å²) in [4.78, 5) is 2.30. The fourth-order valence-electron chi connectivity index (χ4n) is 4.16. The molecule has 0 amide bonds. The van der Waals surface area contributed by atoms with E-state index in [0.29, 0.717) is 24.8 Å². The summed E-state index contributed by atoms with van der Waals surface area (Å²) in [6.45, 7) is 6.93. The average molecular weight is 494 g/mol. The van der Waals surface area contributed by atoms with Crippen LogP contribution in [0.3, 0.4) is 0 Å². The van der Waals surface area contributed by atoms with Crippen LogP contribution >= 0.6 is 0 Å². The second-order valence-corrected chi connectivity index (χ2v) is 12.3. The molecule has 2 aliphatic heterocycles. The Bertz CT molecular complexity index is 1180. The van der Waals surface area contributed by atoms with Crippen LogP contribution in [0.4, 0.5) is 11.4 Å². The highest BCUT2D eigenvalue weighted by atomic mass is 32.2. The van der Waals surface area contributed by atoms with Gasteiger partial charge in [-0.2, -0.15) is 4.31 Å². The Labute approximate surface area is 196 Å². The monoisotopic (exact) mass is 493 g/mol. The molecule has 1 N–H and O–H groups in total. The third kappa shape index (κ3) is 5.18. The molecule has 2 aliphatic rings. The first-order valence-corrected chi connectivity index (χ1v) is 14.2. The van der Waals surface area contributed by atoms with Gasteiger partial charge in [0.25, 0.3) is 10.0 Å². The molecule has 2 aromatic rings. The highest BCUT2D eigenvalue weighted by Gasteiger charge is 2.29. The largest absolute Gasteiger partial charge is 0.379 e. The Morgan fingerprint density at radius 1 is 0.848 bits per heavy atom. The predicted molar refractivity (Wildman–Crippen MR) is 129 cm³/mol. The molecular formula is C23H31N3O5S2. The lowest BCUT2D eigenvalue weighted by Gasteiger charge is -2.27. The molecule has 10 heteroatoms. The zero-order chi connectivity index (χ0) is 23.6. The van der Waals surface area contributed by atoms with Gasteiger partial charge in [0, 0.05) is 26.2 Å². The van der Waals surface area contributed by atoms with Crippen LogP contribution in [0.15, 0.2) is 52.3 Å². The molecule has 0 unspecified atom stereocenters. The van der Waals surface area contributed by atoms with E-state index in [0.717, 1.165) is 31.5 Å². The summed E-state index contributed by atoms with van der Waals surface area (Å²) >= 11 is 0. The van der Waals surface area contributed by atoms with Crippen molar-refractivity contribution in [2.45, 2.75) is 42.4 Å². The minimum Gasteiger partial charge on any atom is -0.379 e. The van der Waals surface area contributed by atoms with Crippen molar-refractivity contribution in [3.63, 3.8) is 0 Å². The summed E-state index contributed by atoms with van der Waals surface area (Å²) in [5.41, 5.74) is 2.01. The first-order chi connectivity index (χ1) is 15.7. The van der Waals surface area contributed by atoms with Crippen LogP contribution in [-0.4, -0.2) is 60.5 Å². The lowest BCUT2D eigenvalue weighted by atomic mass is 10.0. The standard InChI is InChI=1S/C23H31N3O5S2/c1-18(2)19-5-7-20(8-6-19)32(27,28)24-22-17-21(9-10-23(22)25-11-3-4-12-25)33(29,30)26-13-15-31-16-14-26/h5-10,17-18,24H,3-4,11-16H2,1-2H3. The summed E-state index contributed by atoms with van der Waals surface area (Å²) in [6.07, 6.45) is 2.02. The molecule has 0 aliphatic carbocycles. The SMILES string of the molecule is CC(C)c1ccc(S(=O)(=O)Nc2cc(S(=O)(=O)N3CCOCC3)ccc2N2CCCC2)cc1. The number of hydrogen-bond donors (Lipinski definition) is 1. The zero-order valence-corrected chi connectivity index (χ0v) is 20.7. The Morgan fingerprint density at radius 3 is 2.06 bits per heavy atom. The Hall–Kier alpha value is -2.14. The first-order valence-electron chi connectivity index (χ1n) is 11.3. The van der Waals surface area contributed by atoms with Crippen molar-refractivity contribution in [3.8, 4) is 0 Å². The summed E-state index contributed by atoms with van der Waals surface area (Å²) in [5.74, 6) is 0.290. The van der Waals surface area contributed by atoms with E-state index in [1.54, 1.807) is 36.4 Å². The molecule has 0 bridgehead atoms. The number of sulfonamides is 2. The molecule has 0 aromatic heterocycles. The summed E-state index contributed by atoms with van der Waals surface area (Å²) in [7, 11) is -7.66. The van der Waals surface area contributed by atoms with Crippen LogP contribution in [0.1, 0.15) is 38.2 Å². The summed E-state index contributed by atoms with van der Waals surface area (Å²) < 4.78 is 62.1. The van der Waals surface area contributed by atoms with Crippen molar-refractivity contribution in [1.82, 2.24) is 4.31 Å².